The zero-order chi connectivity index (χ0) is 16.6. The molecule has 1 amide bonds. The molecule has 1 aromatic carbocycles. The summed E-state index contributed by atoms with van der Waals surface area (Å²) in [7, 11) is 0. The lowest BCUT2D eigenvalue weighted by Gasteiger charge is -2.19. The maximum Gasteiger partial charge on any atom is 0.220 e. The first-order valence-electron chi connectivity index (χ1n) is 9.15. The fraction of sp³-hybridized carbons (Fsp3) is 0.500. The minimum Gasteiger partial charge on any atom is -0.350 e. The van der Waals surface area contributed by atoms with E-state index in [1.54, 1.807) is 0 Å². The molecule has 0 atom stereocenters. The monoisotopic (exact) mass is 325 g/mol. The maximum absolute atomic E-state index is 12.0. The molecule has 4 heteroatoms. The summed E-state index contributed by atoms with van der Waals surface area (Å²) in [5, 5.41) is 4.12. The molecule has 24 heavy (non-hydrogen) atoms. The van der Waals surface area contributed by atoms with Gasteiger partial charge in [-0.3, -0.25) is 9.78 Å². The topological polar surface area (TPSA) is 45.2 Å². The average molecular weight is 325 g/mol. The Morgan fingerprint density at radius 2 is 1.83 bits per heavy atom. The number of carbonyl (C=O) groups is 1. The number of amides is 1. The summed E-state index contributed by atoms with van der Waals surface area (Å²) in [5.41, 5.74) is 1.89. The van der Waals surface area contributed by atoms with E-state index in [1.807, 2.05) is 30.3 Å². The second kappa shape index (κ2) is 8.78. The van der Waals surface area contributed by atoms with Crippen molar-refractivity contribution in [3.63, 3.8) is 0 Å². The number of benzene rings is 1. The van der Waals surface area contributed by atoms with Gasteiger partial charge in [-0.25, -0.2) is 0 Å². The number of carbonyl (C=O) groups excluding carboxylic acids is 1. The fourth-order valence-corrected chi connectivity index (χ4v) is 3.31. The molecule has 1 aromatic heterocycles. The number of para-hydroxylation sites is 1. The Kier molecular flexibility index (Phi) is 6.19. The van der Waals surface area contributed by atoms with Crippen molar-refractivity contribution in [3.05, 3.63) is 42.1 Å². The summed E-state index contributed by atoms with van der Waals surface area (Å²) in [6.45, 7) is 3.94. The van der Waals surface area contributed by atoms with Crippen molar-refractivity contribution < 1.29 is 4.79 Å². The molecular weight excluding hydrogens is 298 g/mol. The van der Waals surface area contributed by atoms with Gasteiger partial charge < -0.3 is 10.2 Å². The molecule has 2 heterocycles. The van der Waals surface area contributed by atoms with E-state index in [1.165, 1.54) is 38.8 Å². The molecule has 1 aliphatic heterocycles. The van der Waals surface area contributed by atoms with Crippen molar-refractivity contribution in [1.29, 1.82) is 0 Å². The zero-order valence-corrected chi connectivity index (χ0v) is 14.3. The van der Waals surface area contributed by atoms with E-state index in [2.05, 4.69) is 21.3 Å². The molecule has 0 saturated carbocycles. The van der Waals surface area contributed by atoms with Crippen LogP contribution in [0.1, 0.15) is 44.2 Å². The minimum atomic E-state index is 0.125. The van der Waals surface area contributed by atoms with Crippen LogP contribution < -0.4 is 5.32 Å². The van der Waals surface area contributed by atoms with Gasteiger partial charge in [0.15, 0.2) is 0 Å². The van der Waals surface area contributed by atoms with Gasteiger partial charge in [0.05, 0.1) is 17.8 Å². The van der Waals surface area contributed by atoms with Crippen LogP contribution in [0.2, 0.25) is 0 Å². The van der Waals surface area contributed by atoms with Gasteiger partial charge in [0.2, 0.25) is 5.91 Å². The highest BCUT2D eigenvalue weighted by Crippen LogP contribution is 2.12. The first-order chi connectivity index (χ1) is 11.8. The van der Waals surface area contributed by atoms with Crippen molar-refractivity contribution in [2.75, 3.05) is 19.6 Å². The van der Waals surface area contributed by atoms with E-state index in [0.29, 0.717) is 13.0 Å². The standard InChI is InChI=1S/C20H27N3O/c24-20(10-7-15-23-13-5-1-2-6-14-23)21-16-18-12-11-17-8-3-4-9-19(17)22-18/h3-4,8-9,11-12H,1-2,5-7,10,13-16H2,(H,21,24). The molecule has 0 aliphatic carbocycles. The first-order valence-corrected chi connectivity index (χ1v) is 9.15. The van der Waals surface area contributed by atoms with Gasteiger partial charge in [-0.15, -0.1) is 0 Å². The molecule has 3 rings (SSSR count). The normalized spacial score (nSPS) is 16.0. The highest BCUT2D eigenvalue weighted by molar-refractivity contribution is 5.78. The van der Waals surface area contributed by atoms with Gasteiger partial charge in [0.1, 0.15) is 0 Å². The predicted octanol–water partition coefficient (Wildman–Crippen LogP) is 3.51. The number of aromatic nitrogens is 1. The number of nitrogens with one attached hydrogen (secondary N) is 1. The highest BCUT2D eigenvalue weighted by Gasteiger charge is 2.09. The largest absolute Gasteiger partial charge is 0.350 e. The minimum absolute atomic E-state index is 0.125. The number of pyridine rings is 1. The van der Waals surface area contributed by atoms with Crippen LogP contribution in [0.25, 0.3) is 10.9 Å². The van der Waals surface area contributed by atoms with Crippen LogP contribution in [0.4, 0.5) is 0 Å². The number of hydrogen-bond donors (Lipinski definition) is 1. The second-order valence-corrected chi connectivity index (χ2v) is 6.63. The van der Waals surface area contributed by atoms with Crippen LogP contribution in [0.3, 0.4) is 0 Å². The Morgan fingerprint density at radius 3 is 2.67 bits per heavy atom. The summed E-state index contributed by atoms with van der Waals surface area (Å²) >= 11 is 0. The number of rotatable bonds is 6. The van der Waals surface area contributed by atoms with E-state index < -0.39 is 0 Å². The van der Waals surface area contributed by atoms with E-state index in [0.717, 1.165) is 29.6 Å². The van der Waals surface area contributed by atoms with Gasteiger partial charge in [0.25, 0.3) is 0 Å². The Bertz CT molecular complexity index is 663. The molecular formula is C20H27N3O. The second-order valence-electron chi connectivity index (χ2n) is 6.63. The van der Waals surface area contributed by atoms with Crippen LogP contribution in [-0.4, -0.2) is 35.4 Å². The summed E-state index contributed by atoms with van der Waals surface area (Å²) < 4.78 is 0. The number of hydrogen-bond acceptors (Lipinski definition) is 3. The Morgan fingerprint density at radius 1 is 1.04 bits per heavy atom. The van der Waals surface area contributed by atoms with E-state index >= 15 is 0 Å². The average Bonchev–Trinajstić information content (AvgIpc) is 2.89. The quantitative estimate of drug-likeness (QED) is 0.884. The molecule has 0 radical (unpaired) electrons. The molecule has 0 unspecified atom stereocenters. The highest BCUT2D eigenvalue weighted by atomic mass is 16.1. The third-order valence-electron chi connectivity index (χ3n) is 4.70. The number of fused-ring (bicyclic) bond motifs is 1. The fourth-order valence-electron chi connectivity index (χ4n) is 3.31. The van der Waals surface area contributed by atoms with Crippen molar-refractivity contribution in [1.82, 2.24) is 15.2 Å². The third kappa shape index (κ3) is 5.03. The first kappa shape index (κ1) is 16.9. The number of likely N-dealkylation sites (tertiary alicyclic amines) is 1. The van der Waals surface area contributed by atoms with E-state index in [9.17, 15) is 4.79 Å². The maximum atomic E-state index is 12.0. The van der Waals surface area contributed by atoms with Gasteiger partial charge in [-0.1, -0.05) is 37.1 Å². The summed E-state index contributed by atoms with van der Waals surface area (Å²) in [4.78, 5) is 19.1. The summed E-state index contributed by atoms with van der Waals surface area (Å²) in [6.07, 6.45) is 6.87. The van der Waals surface area contributed by atoms with E-state index in [4.69, 9.17) is 0 Å². The van der Waals surface area contributed by atoms with Crippen molar-refractivity contribution in [2.45, 2.75) is 45.1 Å². The third-order valence-corrected chi connectivity index (χ3v) is 4.70. The molecule has 1 aliphatic rings. The van der Waals surface area contributed by atoms with Gasteiger partial charge in [-0.2, -0.15) is 0 Å². The van der Waals surface area contributed by atoms with Crippen LogP contribution in [-0.2, 0) is 11.3 Å². The Labute approximate surface area is 144 Å². The molecule has 0 bridgehead atoms. The molecule has 2 aromatic rings. The van der Waals surface area contributed by atoms with Crippen LogP contribution in [0.15, 0.2) is 36.4 Å². The van der Waals surface area contributed by atoms with Gasteiger partial charge >= 0.3 is 0 Å². The van der Waals surface area contributed by atoms with Crippen molar-refractivity contribution >= 4 is 16.8 Å². The summed E-state index contributed by atoms with van der Waals surface area (Å²) in [6, 6.07) is 12.1. The van der Waals surface area contributed by atoms with Crippen molar-refractivity contribution in [3.8, 4) is 0 Å². The van der Waals surface area contributed by atoms with Gasteiger partial charge in [0, 0.05) is 11.8 Å². The molecule has 1 N–H and O–H groups in total. The summed E-state index contributed by atoms with van der Waals surface area (Å²) in [5.74, 6) is 0.125. The Balaban J connectivity index is 1.39. The van der Waals surface area contributed by atoms with E-state index in [-0.39, 0.29) is 5.91 Å². The van der Waals surface area contributed by atoms with Crippen LogP contribution >= 0.6 is 0 Å². The molecule has 128 valence electrons. The van der Waals surface area contributed by atoms with Gasteiger partial charge in [-0.05, 0) is 51.0 Å². The Hall–Kier alpha value is -1.94. The predicted molar refractivity (Wildman–Crippen MR) is 97.7 cm³/mol. The molecule has 1 fully saturated rings. The number of nitrogens with zero attached hydrogens (tertiary/aromatic N) is 2. The molecule has 1 saturated heterocycles. The smallest absolute Gasteiger partial charge is 0.220 e. The zero-order valence-electron chi connectivity index (χ0n) is 14.3. The lowest BCUT2D eigenvalue weighted by Crippen LogP contribution is -2.28. The van der Waals surface area contributed by atoms with Crippen molar-refractivity contribution in [2.24, 2.45) is 0 Å². The molecule has 4 nitrogen and oxygen atoms in total. The molecule has 0 spiro atoms. The van der Waals surface area contributed by atoms with Crippen LogP contribution in [0, 0.1) is 0 Å². The SMILES string of the molecule is O=C(CCCN1CCCCCC1)NCc1ccc2ccccc2n1. The lowest BCUT2D eigenvalue weighted by atomic mass is 10.2. The lowest BCUT2D eigenvalue weighted by molar-refractivity contribution is -0.121. The van der Waals surface area contributed by atoms with Crippen LogP contribution in [0.5, 0.6) is 0 Å².